The van der Waals surface area contributed by atoms with Gasteiger partial charge in [0.15, 0.2) is 0 Å². The molecule has 0 saturated carbocycles. The maximum atomic E-state index is 11.1. The van der Waals surface area contributed by atoms with Crippen molar-refractivity contribution in [3.05, 3.63) is 12.2 Å². The van der Waals surface area contributed by atoms with E-state index in [1.165, 1.54) is 12.8 Å². The van der Waals surface area contributed by atoms with Crippen LogP contribution in [0.1, 0.15) is 39.5 Å². The van der Waals surface area contributed by atoms with Gasteiger partial charge in [0.25, 0.3) is 0 Å². The zero-order chi connectivity index (χ0) is 12.0. The number of esters is 1. The lowest BCUT2D eigenvalue weighted by Gasteiger charge is -2.41. The van der Waals surface area contributed by atoms with Crippen LogP contribution < -0.4 is 0 Å². The van der Waals surface area contributed by atoms with Crippen molar-refractivity contribution < 1.29 is 14.3 Å². The zero-order valence-corrected chi connectivity index (χ0v) is 10.4. The standard InChI is InChI=1S/C13H22O3/c1-4-6-13(9-15-10-13)7-5-8-16-12(14)11(2)3/h2,4-10H2,1,3H3. The Morgan fingerprint density at radius 1 is 1.44 bits per heavy atom. The van der Waals surface area contributed by atoms with E-state index in [1.54, 1.807) is 6.92 Å². The maximum absolute atomic E-state index is 11.1. The minimum absolute atomic E-state index is 0.283. The molecule has 1 heterocycles. The highest BCUT2D eigenvalue weighted by atomic mass is 16.5. The second-order valence-electron chi connectivity index (χ2n) is 4.76. The van der Waals surface area contributed by atoms with Gasteiger partial charge in [-0.15, -0.1) is 0 Å². The SMILES string of the molecule is C=C(C)C(=O)OCCCC1(CCC)COC1. The number of carbonyl (C=O) groups excluding carboxylic acids is 1. The Bertz CT molecular complexity index is 254. The molecule has 92 valence electrons. The normalized spacial score (nSPS) is 17.6. The van der Waals surface area contributed by atoms with Crippen molar-refractivity contribution in [2.45, 2.75) is 39.5 Å². The van der Waals surface area contributed by atoms with Crippen molar-refractivity contribution in [3.63, 3.8) is 0 Å². The van der Waals surface area contributed by atoms with Gasteiger partial charge in [-0.3, -0.25) is 0 Å². The number of hydrogen-bond acceptors (Lipinski definition) is 3. The Balaban J connectivity index is 2.14. The topological polar surface area (TPSA) is 35.5 Å². The van der Waals surface area contributed by atoms with Crippen molar-refractivity contribution in [2.75, 3.05) is 19.8 Å². The van der Waals surface area contributed by atoms with Crippen LogP contribution in [0.3, 0.4) is 0 Å². The van der Waals surface area contributed by atoms with Crippen molar-refractivity contribution in [3.8, 4) is 0 Å². The highest BCUT2D eigenvalue weighted by Crippen LogP contribution is 2.37. The zero-order valence-electron chi connectivity index (χ0n) is 10.4. The van der Waals surface area contributed by atoms with Crippen molar-refractivity contribution in [2.24, 2.45) is 5.41 Å². The summed E-state index contributed by atoms with van der Waals surface area (Å²) in [6.07, 6.45) is 4.41. The highest BCUT2D eigenvalue weighted by Gasteiger charge is 2.36. The predicted octanol–water partition coefficient (Wildman–Crippen LogP) is 2.70. The first kappa shape index (κ1) is 13.2. The first-order chi connectivity index (χ1) is 7.59. The lowest BCUT2D eigenvalue weighted by molar-refractivity contribution is -0.141. The molecule has 0 atom stereocenters. The van der Waals surface area contributed by atoms with Crippen LogP contribution in [0.2, 0.25) is 0 Å². The molecule has 0 aromatic carbocycles. The second-order valence-corrected chi connectivity index (χ2v) is 4.76. The molecule has 0 bridgehead atoms. The van der Waals surface area contributed by atoms with Gasteiger partial charge < -0.3 is 9.47 Å². The molecule has 0 radical (unpaired) electrons. The molecule has 16 heavy (non-hydrogen) atoms. The molecule has 1 aliphatic heterocycles. The van der Waals surface area contributed by atoms with E-state index >= 15 is 0 Å². The molecule has 0 aromatic rings. The number of hydrogen-bond donors (Lipinski definition) is 0. The van der Waals surface area contributed by atoms with Crippen LogP contribution in [-0.2, 0) is 14.3 Å². The van der Waals surface area contributed by atoms with Gasteiger partial charge in [0, 0.05) is 11.0 Å². The Morgan fingerprint density at radius 3 is 2.56 bits per heavy atom. The average Bonchev–Trinajstić information content (AvgIpc) is 2.19. The first-order valence-corrected chi connectivity index (χ1v) is 6.00. The largest absolute Gasteiger partial charge is 0.462 e. The van der Waals surface area contributed by atoms with Gasteiger partial charge in [-0.25, -0.2) is 4.79 Å². The second kappa shape index (κ2) is 6.04. The molecule has 0 aromatic heterocycles. The molecule has 0 amide bonds. The van der Waals surface area contributed by atoms with E-state index in [0.29, 0.717) is 17.6 Å². The summed E-state index contributed by atoms with van der Waals surface area (Å²) in [6.45, 7) is 9.65. The molecule has 0 N–H and O–H groups in total. The van der Waals surface area contributed by atoms with Gasteiger partial charge in [-0.2, -0.15) is 0 Å². The minimum atomic E-state index is -0.283. The van der Waals surface area contributed by atoms with E-state index in [4.69, 9.17) is 9.47 Å². The van der Waals surface area contributed by atoms with E-state index in [-0.39, 0.29) is 5.97 Å². The van der Waals surface area contributed by atoms with Gasteiger partial charge in [0.1, 0.15) is 0 Å². The lowest BCUT2D eigenvalue weighted by Crippen LogP contribution is -2.42. The highest BCUT2D eigenvalue weighted by molar-refractivity contribution is 5.86. The third-order valence-corrected chi connectivity index (χ3v) is 3.03. The van der Waals surface area contributed by atoms with Crippen molar-refractivity contribution in [1.29, 1.82) is 0 Å². The van der Waals surface area contributed by atoms with Gasteiger partial charge in [0.2, 0.25) is 0 Å². The van der Waals surface area contributed by atoms with Crippen LogP contribution in [-0.4, -0.2) is 25.8 Å². The third-order valence-electron chi connectivity index (χ3n) is 3.03. The van der Waals surface area contributed by atoms with Crippen LogP contribution in [0.25, 0.3) is 0 Å². The summed E-state index contributed by atoms with van der Waals surface area (Å²) < 4.78 is 10.4. The van der Waals surface area contributed by atoms with E-state index in [1.807, 2.05) is 0 Å². The fourth-order valence-electron chi connectivity index (χ4n) is 2.07. The molecule has 0 aliphatic carbocycles. The summed E-state index contributed by atoms with van der Waals surface area (Å²) in [5, 5.41) is 0. The van der Waals surface area contributed by atoms with Gasteiger partial charge in [-0.1, -0.05) is 19.9 Å². The third kappa shape index (κ3) is 3.63. The van der Waals surface area contributed by atoms with E-state index in [0.717, 1.165) is 26.1 Å². The van der Waals surface area contributed by atoms with Crippen LogP contribution in [0.5, 0.6) is 0 Å². The van der Waals surface area contributed by atoms with Crippen molar-refractivity contribution in [1.82, 2.24) is 0 Å². The molecule has 0 unspecified atom stereocenters. The Hall–Kier alpha value is -0.830. The molecule has 3 heteroatoms. The number of rotatable bonds is 7. The van der Waals surface area contributed by atoms with Gasteiger partial charge in [0.05, 0.1) is 19.8 Å². The van der Waals surface area contributed by atoms with E-state index in [9.17, 15) is 4.79 Å². The molecule has 1 aliphatic rings. The molecule has 1 rings (SSSR count). The van der Waals surface area contributed by atoms with E-state index in [2.05, 4.69) is 13.5 Å². The Kier molecular flexibility index (Phi) is 5.00. The van der Waals surface area contributed by atoms with Crippen LogP contribution in [0.4, 0.5) is 0 Å². The number of ether oxygens (including phenoxy) is 2. The predicted molar refractivity (Wildman–Crippen MR) is 63.2 cm³/mol. The van der Waals surface area contributed by atoms with Gasteiger partial charge in [-0.05, 0) is 26.2 Å². The van der Waals surface area contributed by atoms with Gasteiger partial charge >= 0.3 is 5.97 Å². The smallest absolute Gasteiger partial charge is 0.333 e. The molecule has 3 nitrogen and oxygen atoms in total. The molecular weight excluding hydrogens is 204 g/mol. The Labute approximate surface area is 97.8 Å². The minimum Gasteiger partial charge on any atom is -0.462 e. The molecule has 0 spiro atoms. The summed E-state index contributed by atoms with van der Waals surface area (Å²) in [4.78, 5) is 11.1. The Morgan fingerprint density at radius 2 is 2.12 bits per heavy atom. The summed E-state index contributed by atoms with van der Waals surface area (Å²) in [5.41, 5.74) is 0.833. The monoisotopic (exact) mass is 226 g/mol. The van der Waals surface area contributed by atoms with Crippen LogP contribution >= 0.6 is 0 Å². The summed E-state index contributed by atoms with van der Waals surface area (Å²) in [6, 6.07) is 0. The fourth-order valence-corrected chi connectivity index (χ4v) is 2.07. The van der Waals surface area contributed by atoms with Crippen LogP contribution in [0, 0.1) is 5.41 Å². The number of carbonyl (C=O) groups is 1. The molecule has 1 fully saturated rings. The lowest BCUT2D eigenvalue weighted by atomic mass is 9.77. The molecular formula is C13H22O3. The fraction of sp³-hybridized carbons (Fsp3) is 0.769. The van der Waals surface area contributed by atoms with E-state index < -0.39 is 0 Å². The first-order valence-electron chi connectivity index (χ1n) is 6.00. The summed E-state index contributed by atoms with van der Waals surface area (Å²) in [5.74, 6) is -0.283. The average molecular weight is 226 g/mol. The van der Waals surface area contributed by atoms with Crippen LogP contribution in [0.15, 0.2) is 12.2 Å². The summed E-state index contributed by atoms with van der Waals surface area (Å²) >= 11 is 0. The maximum Gasteiger partial charge on any atom is 0.333 e. The van der Waals surface area contributed by atoms with Crippen molar-refractivity contribution >= 4 is 5.97 Å². The quantitative estimate of drug-likeness (QED) is 0.380. The summed E-state index contributed by atoms with van der Waals surface area (Å²) in [7, 11) is 0. The molecule has 1 saturated heterocycles.